The fourth-order valence-electron chi connectivity index (χ4n) is 2.69. The monoisotopic (exact) mass is 275 g/mol. The smallest absolute Gasteiger partial charge is 0.238 e. The third-order valence-electron chi connectivity index (χ3n) is 3.85. The molecule has 0 aliphatic carbocycles. The van der Waals surface area contributed by atoms with Gasteiger partial charge in [0.1, 0.15) is 0 Å². The molecule has 1 saturated heterocycles. The fraction of sp³-hybridized carbons (Fsp3) is 0.562. The summed E-state index contributed by atoms with van der Waals surface area (Å²) >= 11 is 0. The molecule has 0 saturated carbocycles. The molecule has 110 valence electrons. The lowest BCUT2D eigenvalue weighted by molar-refractivity contribution is -0.117. The zero-order chi connectivity index (χ0) is 14.4. The Morgan fingerprint density at radius 2 is 1.75 bits per heavy atom. The van der Waals surface area contributed by atoms with Crippen LogP contribution < -0.4 is 10.2 Å². The molecule has 1 aliphatic rings. The second-order valence-electron chi connectivity index (χ2n) is 5.25. The average Bonchev–Trinajstić information content (AvgIpc) is 2.94. The molecule has 20 heavy (non-hydrogen) atoms. The van der Waals surface area contributed by atoms with E-state index in [9.17, 15) is 4.79 Å². The number of likely N-dealkylation sites (tertiary alicyclic amines) is 1. The molecule has 2 rings (SSSR count). The molecule has 0 spiro atoms. The quantitative estimate of drug-likeness (QED) is 0.866. The number of anilines is 2. The summed E-state index contributed by atoms with van der Waals surface area (Å²) in [7, 11) is 0. The summed E-state index contributed by atoms with van der Waals surface area (Å²) < 4.78 is 0. The SMILES string of the molecule is CCN(CC)c1ccc(NC(=O)CN2CCCC2)cc1. The van der Waals surface area contributed by atoms with Gasteiger partial charge in [-0.15, -0.1) is 0 Å². The van der Waals surface area contributed by atoms with Crippen molar-refractivity contribution < 1.29 is 4.79 Å². The van der Waals surface area contributed by atoms with E-state index in [1.165, 1.54) is 18.5 Å². The van der Waals surface area contributed by atoms with Crippen LogP contribution in [0.4, 0.5) is 11.4 Å². The van der Waals surface area contributed by atoms with Gasteiger partial charge in [0.2, 0.25) is 5.91 Å². The number of amides is 1. The van der Waals surface area contributed by atoms with Crippen LogP contribution >= 0.6 is 0 Å². The lowest BCUT2D eigenvalue weighted by atomic mass is 10.2. The van der Waals surface area contributed by atoms with E-state index in [0.717, 1.165) is 31.9 Å². The van der Waals surface area contributed by atoms with Crippen LogP contribution in [0, 0.1) is 0 Å². The Labute approximate surface area is 121 Å². The normalized spacial score (nSPS) is 15.3. The van der Waals surface area contributed by atoms with Crippen molar-refractivity contribution in [1.82, 2.24) is 4.90 Å². The largest absolute Gasteiger partial charge is 0.372 e. The van der Waals surface area contributed by atoms with Crippen molar-refractivity contribution in [2.75, 3.05) is 42.9 Å². The molecular formula is C16H25N3O. The maximum Gasteiger partial charge on any atom is 0.238 e. The Hall–Kier alpha value is -1.55. The summed E-state index contributed by atoms with van der Waals surface area (Å²) in [4.78, 5) is 16.4. The highest BCUT2D eigenvalue weighted by Gasteiger charge is 2.15. The van der Waals surface area contributed by atoms with Gasteiger partial charge in [-0.05, 0) is 64.0 Å². The minimum absolute atomic E-state index is 0.0856. The zero-order valence-electron chi connectivity index (χ0n) is 12.6. The van der Waals surface area contributed by atoms with Crippen LogP contribution in [-0.2, 0) is 4.79 Å². The molecule has 0 atom stereocenters. The molecule has 0 bridgehead atoms. The number of nitrogens with zero attached hydrogens (tertiary/aromatic N) is 2. The number of carbonyl (C=O) groups excluding carboxylic acids is 1. The van der Waals surface area contributed by atoms with Crippen molar-refractivity contribution in [2.24, 2.45) is 0 Å². The van der Waals surface area contributed by atoms with E-state index in [0.29, 0.717) is 6.54 Å². The molecule has 0 aromatic heterocycles. The molecule has 1 amide bonds. The summed E-state index contributed by atoms with van der Waals surface area (Å²) in [6.07, 6.45) is 2.43. The van der Waals surface area contributed by atoms with Gasteiger partial charge in [0.25, 0.3) is 0 Å². The van der Waals surface area contributed by atoms with Crippen LogP contribution in [0.5, 0.6) is 0 Å². The number of carbonyl (C=O) groups is 1. The summed E-state index contributed by atoms with van der Waals surface area (Å²) in [5, 5.41) is 2.97. The molecule has 4 nitrogen and oxygen atoms in total. The van der Waals surface area contributed by atoms with E-state index in [4.69, 9.17) is 0 Å². The van der Waals surface area contributed by atoms with Crippen molar-refractivity contribution in [3.05, 3.63) is 24.3 Å². The third kappa shape index (κ3) is 3.97. The van der Waals surface area contributed by atoms with E-state index < -0.39 is 0 Å². The molecule has 1 N–H and O–H groups in total. The Kier molecular flexibility index (Phi) is 5.41. The number of nitrogens with one attached hydrogen (secondary N) is 1. The van der Waals surface area contributed by atoms with Crippen molar-refractivity contribution in [3.63, 3.8) is 0 Å². The van der Waals surface area contributed by atoms with Crippen LogP contribution in [0.3, 0.4) is 0 Å². The van der Waals surface area contributed by atoms with E-state index in [1.807, 2.05) is 12.1 Å². The summed E-state index contributed by atoms with van der Waals surface area (Å²) in [6.45, 7) is 8.90. The molecule has 1 aliphatic heterocycles. The fourth-order valence-corrected chi connectivity index (χ4v) is 2.69. The summed E-state index contributed by atoms with van der Waals surface area (Å²) in [5.41, 5.74) is 2.08. The Morgan fingerprint density at radius 1 is 1.15 bits per heavy atom. The van der Waals surface area contributed by atoms with Gasteiger partial charge in [-0.25, -0.2) is 0 Å². The van der Waals surface area contributed by atoms with Crippen molar-refractivity contribution >= 4 is 17.3 Å². The zero-order valence-corrected chi connectivity index (χ0v) is 12.6. The molecule has 4 heteroatoms. The second-order valence-corrected chi connectivity index (χ2v) is 5.25. The predicted molar refractivity (Wildman–Crippen MR) is 84.3 cm³/mol. The van der Waals surface area contributed by atoms with Crippen LogP contribution in [0.15, 0.2) is 24.3 Å². The van der Waals surface area contributed by atoms with Crippen molar-refractivity contribution in [2.45, 2.75) is 26.7 Å². The van der Waals surface area contributed by atoms with Gasteiger partial charge in [0, 0.05) is 24.5 Å². The van der Waals surface area contributed by atoms with Gasteiger partial charge in [0.15, 0.2) is 0 Å². The number of benzene rings is 1. The second kappa shape index (κ2) is 7.29. The first-order valence-corrected chi connectivity index (χ1v) is 7.60. The Bertz CT molecular complexity index is 420. The first kappa shape index (κ1) is 14.9. The minimum atomic E-state index is 0.0856. The molecule has 1 heterocycles. The maximum atomic E-state index is 11.9. The molecule has 1 fully saturated rings. The average molecular weight is 275 g/mol. The highest BCUT2D eigenvalue weighted by Crippen LogP contribution is 2.17. The maximum absolute atomic E-state index is 11.9. The van der Waals surface area contributed by atoms with Gasteiger partial charge in [0.05, 0.1) is 6.54 Å². The number of hydrogen-bond acceptors (Lipinski definition) is 3. The van der Waals surface area contributed by atoms with Crippen LogP contribution in [0.2, 0.25) is 0 Å². The first-order chi connectivity index (χ1) is 9.72. The lowest BCUT2D eigenvalue weighted by Crippen LogP contribution is -2.30. The molecule has 1 aromatic carbocycles. The molecule has 0 unspecified atom stereocenters. The predicted octanol–water partition coefficient (Wildman–Crippen LogP) is 2.57. The number of hydrogen-bond donors (Lipinski definition) is 1. The Balaban J connectivity index is 1.87. The van der Waals surface area contributed by atoms with Crippen molar-refractivity contribution in [1.29, 1.82) is 0 Å². The van der Waals surface area contributed by atoms with E-state index in [2.05, 4.69) is 41.1 Å². The third-order valence-corrected chi connectivity index (χ3v) is 3.85. The Morgan fingerprint density at radius 3 is 2.30 bits per heavy atom. The summed E-state index contributed by atoms with van der Waals surface area (Å²) in [6, 6.07) is 8.10. The van der Waals surface area contributed by atoms with Crippen LogP contribution in [0.25, 0.3) is 0 Å². The minimum Gasteiger partial charge on any atom is -0.372 e. The lowest BCUT2D eigenvalue weighted by Gasteiger charge is -2.21. The standard InChI is InChI=1S/C16H25N3O/c1-3-19(4-2)15-9-7-14(8-10-15)17-16(20)13-18-11-5-6-12-18/h7-10H,3-6,11-13H2,1-2H3,(H,17,20). The molecular weight excluding hydrogens is 250 g/mol. The van der Waals surface area contributed by atoms with Crippen LogP contribution in [0.1, 0.15) is 26.7 Å². The highest BCUT2D eigenvalue weighted by molar-refractivity contribution is 5.92. The van der Waals surface area contributed by atoms with E-state index in [-0.39, 0.29) is 5.91 Å². The van der Waals surface area contributed by atoms with E-state index in [1.54, 1.807) is 0 Å². The highest BCUT2D eigenvalue weighted by atomic mass is 16.2. The van der Waals surface area contributed by atoms with Gasteiger partial charge >= 0.3 is 0 Å². The summed E-state index contributed by atoms with van der Waals surface area (Å²) in [5.74, 6) is 0.0856. The van der Waals surface area contributed by atoms with E-state index >= 15 is 0 Å². The topological polar surface area (TPSA) is 35.6 Å². The van der Waals surface area contributed by atoms with Gasteiger partial charge in [-0.1, -0.05) is 0 Å². The number of rotatable bonds is 6. The van der Waals surface area contributed by atoms with Crippen molar-refractivity contribution in [3.8, 4) is 0 Å². The molecule has 1 aromatic rings. The van der Waals surface area contributed by atoms with Gasteiger partial charge in [-0.3, -0.25) is 9.69 Å². The molecule has 0 radical (unpaired) electrons. The van der Waals surface area contributed by atoms with Gasteiger partial charge in [-0.2, -0.15) is 0 Å². The first-order valence-electron chi connectivity index (χ1n) is 7.60. The van der Waals surface area contributed by atoms with Crippen LogP contribution in [-0.4, -0.2) is 43.5 Å². The van der Waals surface area contributed by atoms with Gasteiger partial charge < -0.3 is 10.2 Å².